The molecule has 0 unspecified atom stereocenters. The van der Waals surface area contributed by atoms with E-state index in [4.69, 9.17) is 13.9 Å². The number of phenols is 2. The van der Waals surface area contributed by atoms with E-state index < -0.39 is 5.43 Å². The molecule has 0 saturated heterocycles. The molecular formula is C19H18O6. The van der Waals surface area contributed by atoms with E-state index >= 15 is 0 Å². The molecule has 25 heavy (non-hydrogen) atoms. The van der Waals surface area contributed by atoms with Crippen LogP contribution in [0.3, 0.4) is 0 Å². The molecule has 0 spiro atoms. The zero-order valence-electron chi connectivity index (χ0n) is 14.2. The van der Waals surface area contributed by atoms with Crippen LogP contribution < -0.4 is 14.9 Å². The molecule has 0 radical (unpaired) electrons. The van der Waals surface area contributed by atoms with Crippen LogP contribution in [-0.2, 0) is 6.42 Å². The zero-order valence-corrected chi connectivity index (χ0v) is 14.2. The summed E-state index contributed by atoms with van der Waals surface area (Å²) in [5.41, 5.74) is 0.194. The molecule has 0 fully saturated rings. The topological polar surface area (TPSA) is 89.1 Å². The molecule has 130 valence electrons. The van der Waals surface area contributed by atoms with E-state index in [-0.39, 0.29) is 39.0 Å². The molecule has 2 heterocycles. The van der Waals surface area contributed by atoms with Crippen molar-refractivity contribution in [2.75, 3.05) is 7.11 Å². The second-order valence-corrected chi connectivity index (χ2v) is 6.88. The van der Waals surface area contributed by atoms with Crippen molar-refractivity contribution in [1.82, 2.24) is 0 Å². The normalized spacial score (nSPS) is 15.8. The minimum absolute atomic E-state index is 0.0495. The van der Waals surface area contributed by atoms with E-state index in [2.05, 4.69) is 0 Å². The van der Waals surface area contributed by atoms with Gasteiger partial charge in [-0.3, -0.25) is 4.79 Å². The van der Waals surface area contributed by atoms with Crippen LogP contribution in [0.1, 0.15) is 25.8 Å². The summed E-state index contributed by atoms with van der Waals surface area (Å²) in [6.07, 6.45) is 1.54. The van der Waals surface area contributed by atoms with Gasteiger partial charge in [0.05, 0.1) is 12.5 Å². The maximum atomic E-state index is 12.9. The number of hydrogen-bond acceptors (Lipinski definition) is 6. The van der Waals surface area contributed by atoms with E-state index in [1.165, 1.54) is 19.2 Å². The van der Waals surface area contributed by atoms with Gasteiger partial charge in [0.2, 0.25) is 11.2 Å². The molecular weight excluding hydrogens is 324 g/mol. The summed E-state index contributed by atoms with van der Waals surface area (Å²) in [5.74, 6) is 0.403. The standard InChI is InChI=1S/C19H18O6/c1-19(2)7-6-9-8-10-14(22)13-11(20)4-5-12(21)17(13)24-16(10)18(23-3)15(9)25-19/h4-5,8,20-21H,6-7H2,1-3H3. The molecule has 3 aromatic rings. The number of benzene rings is 2. The van der Waals surface area contributed by atoms with Gasteiger partial charge in [-0.05, 0) is 50.5 Å². The first kappa shape index (κ1) is 15.6. The Kier molecular flexibility index (Phi) is 3.16. The van der Waals surface area contributed by atoms with Crippen LogP contribution in [0.15, 0.2) is 27.4 Å². The maximum absolute atomic E-state index is 12.9. The van der Waals surface area contributed by atoms with Crippen LogP contribution in [-0.4, -0.2) is 22.9 Å². The summed E-state index contributed by atoms with van der Waals surface area (Å²) in [6.45, 7) is 3.97. The molecule has 6 heteroatoms. The number of aromatic hydroxyl groups is 2. The Hall–Kier alpha value is -2.89. The highest BCUT2D eigenvalue weighted by Crippen LogP contribution is 2.45. The molecule has 2 N–H and O–H groups in total. The molecule has 0 aliphatic carbocycles. The number of hydrogen-bond donors (Lipinski definition) is 2. The van der Waals surface area contributed by atoms with Crippen LogP contribution in [0, 0.1) is 0 Å². The molecule has 1 aliphatic heterocycles. The van der Waals surface area contributed by atoms with Gasteiger partial charge in [-0.1, -0.05) is 0 Å². The van der Waals surface area contributed by atoms with Crippen molar-refractivity contribution in [2.45, 2.75) is 32.3 Å². The SMILES string of the molecule is COc1c2c(cc3c(=O)c4c(O)ccc(O)c4oc13)CCC(C)(C)O2. The lowest BCUT2D eigenvalue weighted by Gasteiger charge is -2.33. The highest BCUT2D eigenvalue weighted by atomic mass is 16.5. The third kappa shape index (κ3) is 2.21. The monoisotopic (exact) mass is 342 g/mol. The summed E-state index contributed by atoms with van der Waals surface area (Å²) < 4.78 is 17.3. The second kappa shape index (κ2) is 5.05. The summed E-state index contributed by atoms with van der Waals surface area (Å²) in [5, 5.41) is 20.3. The van der Waals surface area contributed by atoms with Gasteiger partial charge < -0.3 is 24.1 Å². The van der Waals surface area contributed by atoms with E-state index in [9.17, 15) is 15.0 Å². The average Bonchev–Trinajstić information content (AvgIpc) is 2.56. The van der Waals surface area contributed by atoms with E-state index in [0.29, 0.717) is 11.5 Å². The van der Waals surface area contributed by atoms with Crippen molar-refractivity contribution < 1.29 is 24.1 Å². The number of phenolic OH excluding ortho intramolecular Hbond substituents is 2. The molecule has 2 aromatic carbocycles. The Morgan fingerprint density at radius 2 is 1.88 bits per heavy atom. The Morgan fingerprint density at radius 1 is 1.16 bits per heavy atom. The number of aryl methyl sites for hydroxylation is 1. The van der Waals surface area contributed by atoms with Crippen LogP contribution >= 0.6 is 0 Å². The van der Waals surface area contributed by atoms with Crippen LogP contribution in [0.4, 0.5) is 0 Å². The lowest BCUT2D eigenvalue weighted by Crippen LogP contribution is -2.32. The highest BCUT2D eigenvalue weighted by molar-refractivity contribution is 5.98. The predicted octanol–water partition coefficient (Wildman–Crippen LogP) is 3.47. The fourth-order valence-electron chi connectivity index (χ4n) is 3.31. The minimum atomic E-state index is -0.421. The highest BCUT2D eigenvalue weighted by Gasteiger charge is 2.32. The van der Waals surface area contributed by atoms with Gasteiger partial charge in [-0.15, -0.1) is 0 Å². The summed E-state index contributed by atoms with van der Waals surface area (Å²) in [6, 6.07) is 4.26. The third-order valence-electron chi connectivity index (χ3n) is 4.64. The van der Waals surface area contributed by atoms with Gasteiger partial charge in [0.1, 0.15) is 16.7 Å². The lowest BCUT2D eigenvalue weighted by atomic mass is 9.93. The van der Waals surface area contributed by atoms with Crippen molar-refractivity contribution in [1.29, 1.82) is 0 Å². The molecule has 0 saturated carbocycles. The van der Waals surface area contributed by atoms with Gasteiger partial charge in [0, 0.05) is 0 Å². The van der Waals surface area contributed by atoms with Crippen LogP contribution in [0.2, 0.25) is 0 Å². The summed E-state index contributed by atoms with van der Waals surface area (Å²) in [4.78, 5) is 12.9. The molecule has 0 bridgehead atoms. The molecule has 0 amide bonds. The average molecular weight is 342 g/mol. The van der Waals surface area contributed by atoms with Crippen molar-refractivity contribution in [3.63, 3.8) is 0 Å². The minimum Gasteiger partial charge on any atom is -0.507 e. The fraction of sp³-hybridized carbons (Fsp3) is 0.316. The van der Waals surface area contributed by atoms with Crippen molar-refractivity contribution >= 4 is 21.9 Å². The van der Waals surface area contributed by atoms with Crippen molar-refractivity contribution in [3.8, 4) is 23.0 Å². The molecule has 1 aliphatic rings. The van der Waals surface area contributed by atoms with Crippen molar-refractivity contribution in [2.24, 2.45) is 0 Å². The van der Waals surface area contributed by atoms with Crippen molar-refractivity contribution in [3.05, 3.63) is 34.0 Å². The Labute approximate surface area is 143 Å². The molecule has 0 atom stereocenters. The smallest absolute Gasteiger partial charge is 0.205 e. The van der Waals surface area contributed by atoms with Gasteiger partial charge >= 0.3 is 0 Å². The lowest BCUT2D eigenvalue weighted by molar-refractivity contribution is 0.0807. The van der Waals surface area contributed by atoms with Gasteiger partial charge in [-0.2, -0.15) is 0 Å². The van der Waals surface area contributed by atoms with Gasteiger partial charge in [0.25, 0.3) is 0 Å². The van der Waals surface area contributed by atoms with Crippen LogP contribution in [0.5, 0.6) is 23.0 Å². The molecule has 1 aromatic heterocycles. The summed E-state index contributed by atoms with van der Waals surface area (Å²) >= 11 is 0. The predicted molar refractivity (Wildman–Crippen MR) is 92.9 cm³/mol. The van der Waals surface area contributed by atoms with Gasteiger partial charge in [-0.25, -0.2) is 0 Å². The third-order valence-corrected chi connectivity index (χ3v) is 4.64. The van der Waals surface area contributed by atoms with Gasteiger partial charge in [0.15, 0.2) is 22.7 Å². The molecule has 4 rings (SSSR count). The maximum Gasteiger partial charge on any atom is 0.205 e. The second-order valence-electron chi connectivity index (χ2n) is 6.88. The van der Waals surface area contributed by atoms with Crippen LogP contribution in [0.25, 0.3) is 21.9 Å². The first-order valence-corrected chi connectivity index (χ1v) is 8.03. The quantitative estimate of drug-likeness (QED) is 0.520. The number of ether oxygens (including phenoxy) is 2. The first-order chi connectivity index (χ1) is 11.8. The largest absolute Gasteiger partial charge is 0.507 e. The Bertz CT molecular complexity index is 1080. The number of rotatable bonds is 1. The first-order valence-electron chi connectivity index (χ1n) is 8.03. The number of methoxy groups -OCH3 is 1. The number of fused-ring (bicyclic) bond motifs is 3. The van der Waals surface area contributed by atoms with E-state index in [1.54, 1.807) is 6.07 Å². The summed E-state index contributed by atoms with van der Waals surface area (Å²) in [7, 11) is 1.48. The van der Waals surface area contributed by atoms with E-state index in [0.717, 1.165) is 18.4 Å². The zero-order chi connectivity index (χ0) is 17.9. The van der Waals surface area contributed by atoms with E-state index in [1.807, 2.05) is 13.8 Å². The Morgan fingerprint density at radius 3 is 2.60 bits per heavy atom. The fourth-order valence-corrected chi connectivity index (χ4v) is 3.31. The molecule has 6 nitrogen and oxygen atoms in total. The Balaban J connectivity index is 2.18.